The van der Waals surface area contributed by atoms with Gasteiger partial charge >= 0.3 is 23.1 Å². The van der Waals surface area contributed by atoms with E-state index in [2.05, 4.69) is 11.6 Å². The predicted molar refractivity (Wildman–Crippen MR) is 74.6 cm³/mol. The van der Waals surface area contributed by atoms with E-state index in [0.29, 0.717) is 12.8 Å². The van der Waals surface area contributed by atoms with Gasteiger partial charge < -0.3 is 0 Å². The highest BCUT2D eigenvalue weighted by Gasteiger charge is 2.80. The van der Waals surface area contributed by atoms with Gasteiger partial charge in [-0.05, 0) is 30.4 Å². The van der Waals surface area contributed by atoms with Crippen LogP contribution in [0, 0.1) is 5.92 Å². The third-order valence-electron chi connectivity index (χ3n) is 3.82. The molecule has 0 unspecified atom stereocenters. The minimum absolute atomic E-state index is 0.318. The fourth-order valence-corrected chi connectivity index (χ4v) is 3.83. The first-order valence-electron chi connectivity index (χ1n) is 6.58. The van der Waals surface area contributed by atoms with Crippen LogP contribution in [0.15, 0.2) is 0 Å². The molecule has 1 aliphatic rings. The summed E-state index contributed by atoms with van der Waals surface area (Å²) in [4.78, 5) is 0. The van der Waals surface area contributed by atoms with Gasteiger partial charge in [0.25, 0.3) is 0 Å². The highest BCUT2D eigenvalue weighted by molar-refractivity contribution is 14.1. The molecule has 0 radical (unpaired) electrons. The molecule has 0 aliphatic heterocycles. The Morgan fingerprint density at radius 2 is 1.32 bits per heavy atom. The summed E-state index contributed by atoms with van der Waals surface area (Å²) in [6.45, 7) is 0. The lowest BCUT2D eigenvalue weighted by Crippen LogP contribution is -2.61. The molecule has 0 bridgehead atoms. The van der Waals surface area contributed by atoms with Gasteiger partial charge in [-0.3, -0.25) is 0 Å². The van der Waals surface area contributed by atoms with Crippen LogP contribution in [0.3, 0.4) is 0 Å². The second kappa shape index (κ2) is 6.76. The standard InChI is InChI=1S/C12H14ClF8I/c13-12(20,21)11(18,19)10(16,17)9(14,15)6-8(22)7-4-2-1-3-5-7/h7-8H,1-6H2/t8-/m0/s1. The molecule has 1 rings (SSSR count). The van der Waals surface area contributed by atoms with E-state index < -0.39 is 33.5 Å². The summed E-state index contributed by atoms with van der Waals surface area (Å²) < 4.78 is 104. The van der Waals surface area contributed by atoms with Crippen molar-refractivity contribution in [2.45, 2.75) is 65.6 Å². The van der Waals surface area contributed by atoms with Crippen LogP contribution in [0.4, 0.5) is 35.1 Å². The summed E-state index contributed by atoms with van der Waals surface area (Å²) in [6.07, 6.45) is 1.81. The fraction of sp³-hybridized carbons (Fsp3) is 1.00. The van der Waals surface area contributed by atoms with Crippen LogP contribution in [0.1, 0.15) is 38.5 Å². The predicted octanol–water partition coefficient (Wildman–Crippen LogP) is 6.50. The molecular formula is C12H14ClF8I. The van der Waals surface area contributed by atoms with E-state index >= 15 is 0 Å². The van der Waals surface area contributed by atoms with Gasteiger partial charge in [-0.25, -0.2) is 0 Å². The highest BCUT2D eigenvalue weighted by atomic mass is 127. The third kappa shape index (κ3) is 3.92. The van der Waals surface area contributed by atoms with Crippen LogP contribution in [-0.2, 0) is 0 Å². The van der Waals surface area contributed by atoms with E-state index in [0.717, 1.165) is 19.3 Å². The third-order valence-corrected chi connectivity index (χ3v) is 5.52. The summed E-state index contributed by atoms with van der Waals surface area (Å²) in [7, 11) is 0. The maximum absolute atomic E-state index is 13.6. The summed E-state index contributed by atoms with van der Waals surface area (Å²) in [5.41, 5.74) is 0. The SMILES string of the molecule is FC(F)(Cl)C(F)(F)C(F)(F)C(F)(F)C[C@H](I)C1CCCCC1. The van der Waals surface area contributed by atoms with Crippen LogP contribution in [0.2, 0.25) is 0 Å². The van der Waals surface area contributed by atoms with Crippen molar-refractivity contribution >= 4 is 34.2 Å². The van der Waals surface area contributed by atoms with Crippen LogP contribution < -0.4 is 0 Å². The number of alkyl halides is 10. The molecule has 1 fully saturated rings. The lowest BCUT2D eigenvalue weighted by Gasteiger charge is -2.36. The molecule has 22 heavy (non-hydrogen) atoms. The first-order valence-corrected chi connectivity index (χ1v) is 8.20. The Morgan fingerprint density at radius 3 is 1.73 bits per heavy atom. The maximum atomic E-state index is 13.6. The van der Waals surface area contributed by atoms with Crippen molar-refractivity contribution in [1.29, 1.82) is 0 Å². The minimum atomic E-state index is -6.35. The smallest absolute Gasteiger partial charge is 0.200 e. The highest BCUT2D eigenvalue weighted by Crippen LogP contribution is 2.56. The van der Waals surface area contributed by atoms with Crippen molar-refractivity contribution in [3.8, 4) is 0 Å². The summed E-state index contributed by atoms with van der Waals surface area (Å²) in [5.74, 6) is -18.2. The van der Waals surface area contributed by atoms with Gasteiger partial charge in [0.15, 0.2) is 0 Å². The summed E-state index contributed by atoms with van der Waals surface area (Å²) >= 11 is 5.40. The normalized spacial score (nSPS) is 21.0. The van der Waals surface area contributed by atoms with Crippen molar-refractivity contribution < 1.29 is 35.1 Å². The molecule has 0 spiro atoms. The molecule has 0 aromatic heterocycles. The minimum Gasteiger partial charge on any atom is -0.200 e. The molecule has 10 heteroatoms. The van der Waals surface area contributed by atoms with Gasteiger partial charge in [0.05, 0.1) is 0 Å². The van der Waals surface area contributed by atoms with E-state index in [1.165, 1.54) is 22.6 Å². The van der Waals surface area contributed by atoms with Gasteiger partial charge in [0, 0.05) is 10.3 Å². The summed E-state index contributed by atoms with van der Waals surface area (Å²) in [5, 5.41) is -5.77. The second-order valence-electron chi connectivity index (χ2n) is 5.47. The van der Waals surface area contributed by atoms with Crippen LogP contribution in [0.25, 0.3) is 0 Å². The van der Waals surface area contributed by atoms with E-state index in [1.54, 1.807) is 0 Å². The molecule has 1 atom stereocenters. The largest absolute Gasteiger partial charge is 0.392 e. The van der Waals surface area contributed by atoms with E-state index in [1.807, 2.05) is 0 Å². The zero-order chi connectivity index (χ0) is 17.4. The van der Waals surface area contributed by atoms with Gasteiger partial charge in [-0.2, -0.15) is 35.1 Å². The molecule has 0 nitrogen and oxygen atoms in total. The number of hydrogen-bond acceptors (Lipinski definition) is 0. The van der Waals surface area contributed by atoms with Gasteiger partial charge in [-0.15, -0.1) is 0 Å². The first-order chi connectivity index (χ1) is 9.74. The van der Waals surface area contributed by atoms with Crippen LogP contribution >= 0.6 is 34.2 Å². The Bertz CT molecular complexity index is 376. The quantitative estimate of drug-likeness (QED) is 0.235. The van der Waals surface area contributed by atoms with Crippen LogP contribution in [-0.4, -0.2) is 27.1 Å². The van der Waals surface area contributed by atoms with Gasteiger partial charge in [-0.1, -0.05) is 41.9 Å². The van der Waals surface area contributed by atoms with Crippen molar-refractivity contribution in [2.24, 2.45) is 5.92 Å². The zero-order valence-corrected chi connectivity index (χ0v) is 14.1. The lowest BCUT2D eigenvalue weighted by molar-refractivity contribution is -0.349. The molecule has 132 valence electrons. The monoisotopic (exact) mass is 472 g/mol. The Morgan fingerprint density at radius 1 is 0.864 bits per heavy atom. The number of hydrogen-bond donors (Lipinski definition) is 0. The molecule has 1 aliphatic carbocycles. The molecular weight excluding hydrogens is 458 g/mol. The van der Waals surface area contributed by atoms with Crippen molar-refractivity contribution in [3.05, 3.63) is 0 Å². The average Bonchev–Trinajstić information content (AvgIpc) is 2.37. The van der Waals surface area contributed by atoms with Gasteiger partial charge in [0.1, 0.15) is 0 Å². The molecule has 0 heterocycles. The zero-order valence-electron chi connectivity index (χ0n) is 11.2. The van der Waals surface area contributed by atoms with Gasteiger partial charge in [0.2, 0.25) is 0 Å². The number of halogens is 10. The molecule has 0 N–H and O–H groups in total. The topological polar surface area (TPSA) is 0 Å². The van der Waals surface area contributed by atoms with Crippen molar-refractivity contribution in [2.75, 3.05) is 0 Å². The number of rotatable bonds is 6. The Hall–Kier alpha value is 0.460. The van der Waals surface area contributed by atoms with E-state index in [4.69, 9.17) is 0 Å². The molecule has 0 amide bonds. The van der Waals surface area contributed by atoms with Crippen molar-refractivity contribution in [1.82, 2.24) is 0 Å². The fourth-order valence-electron chi connectivity index (χ4n) is 2.44. The van der Waals surface area contributed by atoms with E-state index in [-0.39, 0.29) is 5.92 Å². The maximum Gasteiger partial charge on any atom is 0.392 e. The molecule has 0 saturated heterocycles. The summed E-state index contributed by atoms with van der Waals surface area (Å²) in [6, 6.07) is 0. The Kier molecular flexibility index (Phi) is 6.30. The molecule has 0 aromatic carbocycles. The molecule has 0 aromatic rings. The average molecular weight is 473 g/mol. The Balaban J connectivity index is 2.91. The van der Waals surface area contributed by atoms with Crippen LogP contribution in [0.5, 0.6) is 0 Å². The molecule has 1 saturated carbocycles. The van der Waals surface area contributed by atoms with E-state index in [9.17, 15) is 35.1 Å². The second-order valence-corrected chi connectivity index (χ2v) is 7.54. The van der Waals surface area contributed by atoms with Crippen molar-refractivity contribution in [3.63, 3.8) is 0 Å². The first kappa shape index (κ1) is 20.5. The lowest BCUT2D eigenvalue weighted by atomic mass is 9.84. The Labute approximate surface area is 141 Å².